The molecule has 0 bridgehead atoms. The van der Waals surface area contributed by atoms with Crippen LogP contribution in [0.5, 0.6) is 0 Å². The normalized spacial score (nSPS) is 11.9. The molecule has 1 aromatic carbocycles. The van der Waals surface area contributed by atoms with Gasteiger partial charge in [-0.15, -0.1) is 0 Å². The van der Waals surface area contributed by atoms with Crippen molar-refractivity contribution in [3.05, 3.63) is 53.6 Å². The smallest absolute Gasteiger partial charge is 0.228 e. The predicted molar refractivity (Wildman–Crippen MR) is 54.9 cm³/mol. The maximum atomic E-state index is 10.1. The van der Waals surface area contributed by atoms with Crippen molar-refractivity contribution in [3.8, 4) is 0 Å². The van der Waals surface area contributed by atoms with Crippen LogP contribution < -0.4 is 0 Å². The van der Waals surface area contributed by atoms with Gasteiger partial charge >= 0.3 is 0 Å². The molecule has 13 heavy (non-hydrogen) atoms. The van der Waals surface area contributed by atoms with Crippen LogP contribution >= 0.6 is 0 Å². The second kappa shape index (κ2) is 5.09. The monoisotopic (exact) mass is 171 g/mol. The van der Waals surface area contributed by atoms with Gasteiger partial charge in [0.2, 0.25) is 6.29 Å². The Labute approximate surface area is 78.4 Å². The highest BCUT2D eigenvalue weighted by molar-refractivity contribution is 5.74. The van der Waals surface area contributed by atoms with E-state index in [0.29, 0.717) is 5.57 Å². The number of allylic oxidation sites excluding steroid dienone is 3. The molecular formula is C12H11O. The minimum absolute atomic E-state index is 0.604. The van der Waals surface area contributed by atoms with Crippen molar-refractivity contribution >= 4 is 12.4 Å². The van der Waals surface area contributed by atoms with Crippen molar-refractivity contribution in [2.24, 2.45) is 0 Å². The summed E-state index contributed by atoms with van der Waals surface area (Å²) in [7, 11) is 0. The minimum Gasteiger partial charge on any atom is -0.285 e. The molecular weight excluding hydrogens is 160 g/mol. The second-order valence-corrected chi connectivity index (χ2v) is 2.72. The number of benzene rings is 1. The first-order valence-corrected chi connectivity index (χ1v) is 4.11. The third-order valence-electron chi connectivity index (χ3n) is 1.60. The maximum absolute atomic E-state index is 10.1. The highest BCUT2D eigenvalue weighted by atomic mass is 16.1. The molecule has 65 valence electrons. The average Bonchev–Trinajstić information content (AvgIpc) is 2.19. The van der Waals surface area contributed by atoms with Gasteiger partial charge in [-0.3, -0.25) is 4.79 Å². The Morgan fingerprint density at radius 3 is 2.62 bits per heavy atom. The molecule has 0 fully saturated rings. The summed E-state index contributed by atoms with van der Waals surface area (Å²) in [5, 5.41) is 0. The van der Waals surface area contributed by atoms with Gasteiger partial charge in [-0.1, -0.05) is 48.6 Å². The van der Waals surface area contributed by atoms with Crippen molar-refractivity contribution in [2.45, 2.75) is 6.92 Å². The second-order valence-electron chi connectivity index (χ2n) is 2.72. The summed E-state index contributed by atoms with van der Waals surface area (Å²) in [6.07, 6.45) is 7.34. The fraction of sp³-hybridized carbons (Fsp3) is 0.0833. The van der Waals surface area contributed by atoms with Crippen LogP contribution in [0.4, 0.5) is 0 Å². The van der Waals surface area contributed by atoms with Gasteiger partial charge in [0, 0.05) is 5.57 Å². The Balaban J connectivity index is 2.65. The van der Waals surface area contributed by atoms with E-state index >= 15 is 0 Å². The van der Waals surface area contributed by atoms with E-state index in [2.05, 4.69) is 0 Å². The van der Waals surface area contributed by atoms with E-state index in [4.69, 9.17) is 0 Å². The van der Waals surface area contributed by atoms with Crippen molar-refractivity contribution in [3.63, 3.8) is 0 Å². The molecule has 0 aliphatic heterocycles. The van der Waals surface area contributed by atoms with Crippen molar-refractivity contribution in [1.82, 2.24) is 0 Å². The molecule has 0 saturated heterocycles. The molecule has 0 aliphatic rings. The van der Waals surface area contributed by atoms with E-state index in [1.807, 2.05) is 48.8 Å². The lowest BCUT2D eigenvalue weighted by Crippen LogP contribution is -1.72. The van der Waals surface area contributed by atoms with Gasteiger partial charge in [0.1, 0.15) is 0 Å². The molecule has 1 nitrogen and oxygen atoms in total. The highest BCUT2D eigenvalue weighted by Crippen LogP contribution is 2.01. The summed E-state index contributed by atoms with van der Waals surface area (Å²) in [5.74, 6) is 0. The summed E-state index contributed by atoms with van der Waals surface area (Å²) in [4.78, 5) is 10.1. The molecule has 0 unspecified atom stereocenters. The summed E-state index contributed by atoms with van der Waals surface area (Å²) in [5.41, 5.74) is 1.73. The number of hydrogen-bond acceptors (Lipinski definition) is 1. The van der Waals surface area contributed by atoms with E-state index in [1.165, 1.54) is 0 Å². The van der Waals surface area contributed by atoms with Crippen LogP contribution in [0.25, 0.3) is 6.08 Å². The first kappa shape index (κ1) is 9.46. The lowest BCUT2D eigenvalue weighted by molar-refractivity contribution is 0.562. The molecule has 0 spiro atoms. The zero-order valence-electron chi connectivity index (χ0n) is 7.53. The predicted octanol–water partition coefficient (Wildman–Crippen LogP) is 2.76. The van der Waals surface area contributed by atoms with Crippen LogP contribution in [0.3, 0.4) is 0 Å². The standard InChI is InChI=1S/C12H11O/c1-11(10-13)6-5-9-12-7-3-2-4-8-12/h2-9H,1H3/b9-5+,11-6+. The van der Waals surface area contributed by atoms with Crippen molar-refractivity contribution in [2.75, 3.05) is 0 Å². The van der Waals surface area contributed by atoms with E-state index in [-0.39, 0.29) is 0 Å². The Hall–Kier alpha value is -1.63. The molecule has 1 aromatic rings. The summed E-state index contributed by atoms with van der Waals surface area (Å²) in [6, 6.07) is 9.93. The van der Waals surface area contributed by atoms with Gasteiger partial charge < -0.3 is 0 Å². The number of hydrogen-bond donors (Lipinski definition) is 0. The molecule has 0 saturated carbocycles. The van der Waals surface area contributed by atoms with E-state index in [1.54, 1.807) is 13.0 Å². The quantitative estimate of drug-likeness (QED) is 0.505. The van der Waals surface area contributed by atoms with Crippen LogP contribution in [0.1, 0.15) is 12.5 Å². The van der Waals surface area contributed by atoms with E-state index in [9.17, 15) is 4.79 Å². The SMILES string of the molecule is C/C([C]=O)=C\C=C\c1ccccc1. The fourth-order valence-electron chi connectivity index (χ4n) is 0.902. The number of rotatable bonds is 3. The van der Waals surface area contributed by atoms with Crippen molar-refractivity contribution < 1.29 is 4.79 Å². The van der Waals surface area contributed by atoms with Gasteiger partial charge in [-0.05, 0) is 12.5 Å². The highest BCUT2D eigenvalue weighted by Gasteiger charge is 1.82. The Morgan fingerprint density at radius 2 is 2.00 bits per heavy atom. The first-order chi connectivity index (χ1) is 6.33. The third-order valence-corrected chi connectivity index (χ3v) is 1.60. The van der Waals surface area contributed by atoms with Gasteiger partial charge in [0.05, 0.1) is 0 Å². The Bertz CT molecular complexity index is 320. The topological polar surface area (TPSA) is 17.1 Å². The van der Waals surface area contributed by atoms with Crippen LogP contribution in [0.2, 0.25) is 0 Å². The van der Waals surface area contributed by atoms with Gasteiger partial charge in [-0.25, -0.2) is 0 Å². The van der Waals surface area contributed by atoms with Crippen LogP contribution in [0.15, 0.2) is 48.1 Å². The van der Waals surface area contributed by atoms with Crippen LogP contribution in [-0.4, -0.2) is 6.29 Å². The molecule has 0 heterocycles. The average molecular weight is 171 g/mol. The molecule has 1 heteroatoms. The van der Waals surface area contributed by atoms with Crippen LogP contribution in [-0.2, 0) is 4.79 Å². The van der Waals surface area contributed by atoms with E-state index < -0.39 is 0 Å². The van der Waals surface area contributed by atoms with Gasteiger partial charge in [0.25, 0.3) is 0 Å². The molecule has 0 amide bonds. The largest absolute Gasteiger partial charge is 0.285 e. The zero-order chi connectivity index (χ0) is 9.52. The van der Waals surface area contributed by atoms with Gasteiger partial charge in [-0.2, -0.15) is 0 Å². The molecule has 0 atom stereocenters. The van der Waals surface area contributed by atoms with Crippen molar-refractivity contribution in [1.29, 1.82) is 0 Å². The zero-order valence-corrected chi connectivity index (χ0v) is 7.53. The Kier molecular flexibility index (Phi) is 3.71. The van der Waals surface area contributed by atoms with Gasteiger partial charge in [0.15, 0.2) is 0 Å². The first-order valence-electron chi connectivity index (χ1n) is 4.11. The summed E-state index contributed by atoms with van der Waals surface area (Å²) < 4.78 is 0. The molecule has 1 radical (unpaired) electrons. The lowest BCUT2D eigenvalue weighted by Gasteiger charge is -1.88. The lowest BCUT2D eigenvalue weighted by atomic mass is 10.2. The third kappa shape index (κ3) is 3.52. The molecule has 0 N–H and O–H groups in total. The molecule has 0 aliphatic carbocycles. The Morgan fingerprint density at radius 1 is 1.31 bits per heavy atom. The van der Waals surface area contributed by atoms with E-state index in [0.717, 1.165) is 5.56 Å². The molecule has 1 rings (SSSR count). The molecule has 0 aromatic heterocycles. The maximum Gasteiger partial charge on any atom is 0.228 e. The number of carbonyl (C=O) groups excluding carboxylic acids is 1. The fourth-order valence-corrected chi connectivity index (χ4v) is 0.902. The summed E-state index contributed by atoms with van der Waals surface area (Å²) in [6.45, 7) is 1.72. The summed E-state index contributed by atoms with van der Waals surface area (Å²) >= 11 is 0. The minimum atomic E-state index is 0.604. The van der Waals surface area contributed by atoms with Crippen LogP contribution in [0, 0.1) is 0 Å².